The first kappa shape index (κ1) is 21.2. The Bertz CT molecular complexity index is 635. The van der Waals surface area contributed by atoms with E-state index in [0.717, 1.165) is 6.54 Å². The minimum atomic E-state index is -2.84. The first-order chi connectivity index (χ1) is 11.7. The maximum atomic E-state index is 12.4. The zero-order valence-electron chi connectivity index (χ0n) is 14.0. The number of nitrogens with one attached hydrogen (secondary N) is 2. The Hall–Kier alpha value is -1.84. The molecule has 0 aliphatic rings. The van der Waals surface area contributed by atoms with Gasteiger partial charge in [0.25, 0.3) is 0 Å². The lowest BCUT2D eigenvalue weighted by atomic mass is 10.2. The van der Waals surface area contributed by atoms with E-state index >= 15 is 0 Å². The number of nitrogens with zero attached hydrogens (tertiary/aromatic N) is 2. The molecule has 5 nitrogen and oxygen atoms in total. The predicted octanol–water partition coefficient (Wildman–Crippen LogP) is 3.46. The monoisotopic (exact) mass is 464 g/mol. The third-order valence-corrected chi connectivity index (χ3v) is 3.27. The van der Waals surface area contributed by atoms with Crippen molar-refractivity contribution in [3.8, 4) is 5.75 Å². The molecule has 0 aliphatic carbocycles. The molecule has 2 aromatic rings. The Morgan fingerprint density at radius 1 is 1.16 bits per heavy atom. The molecule has 0 radical (unpaired) electrons. The van der Waals surface area contributed by atoms with Crippen molar-refractivity contribution in [1.82, 2.24) is 15.2 Å². The number of benzene rings is 1. The molecule has 138 valence electrons. The van der Waals surface area contributed by atoms with Gasteiger partial charge in [-0.15, -0.1) is 24.0 Å². The number of aromatic nitrogens is 1. The van der Waals surface area contributed by atoms with Gasteiger partial charge < -0.3 is 19.9 Å². The summed E-state index contributed by atoms with van der Waals surface area (Å²) in [5.41, 5.74) is 0.611. The zero-order valence-corrected chi connectivity index (χ0v) is 16.3. The number of guanidine groups is 1. The number of alkyl halides is 2. The lowest BCUT2D eigenvalue weighted by Gasteiger charge is -2.13. The highest BCUT2D eigenvalue weighted by Gasteiger charge is 2.08. The van der Waals surface area contributed by atoms with Gasteiger partial charge in [-0.25, -0.2) is 4.99 Å². The van der Waals surface area contributed by atoms with Crippen molar-refractivity contribution in [2.45, 2.75) is 26.6 Å². The first-order valence-corrected chi connectivity index (χ1v) is 7.84. The molecule has 0 fully saturated rings. The molecule has 0 bridgehead atoms. The number of hydrogen-bond acceptors (Lipinski definition) is 2. The van der Waals surface area contributed by atoms with Gasteiger partial charge in [0.05, 0.1) is 6.54 Å². The van der Waals surface area contributed by atoms with E-state index in [0.29, 0.717) is 24.6 Å². The number of hydrogen-bond donors (Lipinski definition) is 2. The van der Waals surface area contributed by atoms with Crippen molar-refractivity contribution in [2.75, 3.05) is 13.1 Å². The number of ether oxygens (including phenoxy) is 1. The molecular weight excluding hydrogens is 441 g/mol. The highest BCUT2D eigenvalue weighted by atomic mass is 127. The largest absolute Gasteiger partial charge is 0.434 e. The third-order valence-electron chi connectivity index (χ3n) is 3.27. The van der Waals surface area contributed by atoms with Gasteiger partial charge in [-0.1, -0.05) is 18.2 Å². The van der Waals surface area contributed by atoms with E-state index in [4.69, 9.17) is 0 Å². The standard InChI is InChI=1S/C17H22F2N4O.HI/c1-2-20-17(21-9-12-23-10-5-6-11-23)22-13-14-7-3-4-8-15(14)24-16(18)19;/h3-8,10-11,16H,2,9,12-13H2,1H3,(H2,20,21,22);1H. The van der Waals surface area contributed by atoms with Crippen molar-refractivity contribution in [3.05, 3.63) is 54.4 Å². The molecule has 1 aromatic heterocycles. The topological polar surface area (TPSA) is 50.6 Å². The van der Waals surface area contributed by atoms with Crippen LogP contribution >= 0.6 is 24.0 Å². The van der Waals surface area contributed by atoms with E-state index in [2.05, 4.69) is 24.9 Å². The van der Waals surface area contributed by atoms with Gasteiger partial charge in [-0.3, -0.25) is 0 Å². The number of aliphatic imine (C=N–C) groups is 1. The summed E-state index contributed by atoms with van der Waals surface area (Å²) in [6, 6.07) is 10.6. The molecule has 0 atom stereocenters. The summed E-state index contributed by atoms with van der Waals surface area (Å²) in [5.74, 6) is 0.788. The Kier molecular flexibility index (Phi) is 9.90. The van der Waals surface area contributed by atoms with Crippen molar-refractivity contribution < 1.29 is 13.5 Å². The van der Waals surface area contributed by atoms with Crippen molar-refractivity contribution in [1.29, 1.82) is 0 Å². The minimum Gasteiger partial charge on any atom is -0.434 e. The van der Waals surface area contributed by atoms with Crippen LogP contribution in [0.15, 0.2) is 53.8 Å². The van der Waals surface area contributed by atoms with Crippen LogP contribution in [0.1, 0.15) is 12.5 Å². The number of para-hydroxylation sites is 1. The molecule has 0 amide bonds. The van der Waals surface area contributed by atoms with Gasteiger partial charge >= 0.3 is 6.61 Å². The molecule has 1 heterocycles. The van der Waals surface area contributed by atoms with Gasteiger partial charge in [0.2, 0.25) is 0 Å². The maximum Gasteiger partial charge on any atom is 0.387 e. The zero-order chi connectivity index (χ0) is 17.2. The summed E-state index contributed by atoms with van der Waals surface area (Å²) in [7, 11) is 0. The van der Waals surface area contributed by atoms with Gasteiger partial charge in [0.15, 0.2) is 5.96 Å². The molecule has 1 aromatic carbocycles. The Morgan fingerprint density at radius 2 is 1.88 bits per heavy atom. The first-order valence-electron chi connectivity index (χ1n) is 7.84. The van der Waals surface area contributed by atoms with Crippen LogP contribution in [0.5, 0.6) is 5.75 Å². The Labute approximate surface area is 163 Å². The normalized spacial score (nSPS) is 11.1. The fourth-order valence-corrected chi connectivity index (χ4v) is 2.17. The molecule has 0 unspecified atom stereocenters. The highest BCUT2D eigenvalue weighted by molar-refractivity contribution is 14.0. The van der Waals surface area contributed by atoms with E-state index in [1.807, 2.05) is 31.5 Å². The van der Waals surface area contributed by atoms with Crippen LogP contribution in [0.4, 0.5) is 8.78 Å². The second kappa shape index (κ2) is 11.7. The van der Waals surface area contributed by atoms with Crippen LogP contribution in [-0.4, -0.2) is 30.2 Å². The Morgan fingerprint density at radius 3 is 2.56 bits per heavy atom. The fraction of sp³-hybridized carbons (Fsp3) is 0.353. The lowest BCUT2D eigenvalue weighted by molar-refractivity contribution is -0.0504. The van der Waals surface area contributed by atoms with Gasteiger partial charge in [0, 0.05) is 37.6 Å². The summed E-state index contributed by atoms with van der Waals surface area (Å²) < 4.78 is 31.5. The van der Waals surface area contributed by atoms with Crippen molar-refractivity contribution in [3.63, 3.8) is 0 Å². The van der Waals surface area contributed by atoms with Crippen molar-refractivity contribution >= 4 is 29.9 Å². The van der Waals surface area contributed by atoms with E-state index in [1.54, 1.807) is 18.2 Å². The fourth-order valence-electron chi connectivity index (χ4n) is 2.17. The Balaban J connectivity index is 0.00000312. The summed E-state index contributed by atoms with van der Waals surface area (Å²) >= 11 is 0. The average molecular weight is 464 g/mol. The quantitative estimate of drug-likeness (QED) is 0.358. The molecule has 0 aliphatic heterocycles. The summed E-state index contributed by atoms with van der Waals surface area (Å²) in [4.78, 5) is 4.43. The molecule has 0 saturated heterocycles. The SMILES string of the molecule is CCNC(=NCc1ccccc1OC(F)F)NCCn1cccc1.I. The lowest BCUT2D eigenvalue weighted by Crippen LogP contribution is -2.38. The van der Waals surface area contributed by atoms with Gasteiger partial charge in [-0.05, 0) is 25.1 Å². The molecular formula is C17H23F2IN4O. The molecule has 8 heteroatoms. The van der Waals surface area contributed by atoms with E-state index < -0.39 is 6.61 Å². The molecule has 2 rings (SSSR count). The molecule has 0 saturated carbocycles. The highest BCUT2D eigenvalue weighted by Crippen LogP contribution is 2.20. The van der Waals surface area contributed by atoms with Gasteiger partial charge in [0.1, 0.15) is 5.75 Å². The van der Waals surface area contributed by atoms with Crippen LogP contribution in [-0.2, 0) is 13.1 Å². The maximum absolute atomic E-state index is 12.4. The van der Waals surface area contributed by atoms with Crippen molar-refractivity contribution in [2.24, 2.45) is 4.99 Å². The molecule has 0 spiro atoms. The summed E-state index contributed by atoms with van der Waals surface area (Å²) in [5, 5.41) is 6.35. The smallest absolute Gasteiger partial charge is 0.387 e. The molecule has 2 N–H and O–H groups in total. The predicted molar refractivity (Wildman–Crippen MR) is 106 cm³/mol. The molecule has 25 heavy (non-hydrogen) atoms. The second-order valence-corrected chi connectivity index (χ2v) is 5.03. The number of halogens is 3. The van der Waals surface area contributed by atoms with E-state index in [-0.39, 0.29) is 36.3 Å². The number of rotatable bonds is 8. The van der Waals surface area contributed by atoms with Crippen LogP contribution in [0, 0.1) is 0 Å². The van der Waals surface area contributed by atoms with Crippen LogP contribution in [0.2, 0.25) is 0 Å². The minimum absolute atomic E-state index is 0. The summed E-state index contributed by atoms with van der Waals surface area (Å²) in [6.07, 6.45) is 3.98. The van der Waals surface area contributed by atoms with Gasteiger partial charge in [-0.2, -0.15) is 8.78 Å². The van der Waals surface area contributed by atoms with E-state index in [9.17, 15) is 8.78 Å². The van der Waals surface area contributed by atoms with E-state index in [1.165, 1.54) is 6.07 Å². The van der Waals surface area contributed by atoms with Crippen LogP contribution in [0.25, 0.3) is 0 Å². The summed E-state index contributed by atoms with van der Waals surface area (Å²) in [6.45, 7) is 1.60. The third kappa shape index (κ3) is 7.72. The van der Waals surface area contributed by atoms with Crippen LogP contribution in [0.3, 0.4) is 0 Å². The second-order valence-electron chi connectivity index (χ2n) is 5.03. The average Bonchev–Trinajstić information content (AvgIpc) is 3.06. The van der Waals surface area contributed by atoms with Crippen LogP contribution < -0.4 is 15.4 Å².